The molecule has 1 rings (SSSR count). The van der Waals surface area contributed by atoms with Crippen LogP contribution in [0.25, 0.3) is 0 Å². The smallest absolute Gasteiger partial charge is 0.437 e. The summed E-state index contributed by atoms with van der Waals surface area (Å²) in [4.78, 5) is 14.9. The Bertz CT molecular complexity index is 478. The maximum atomic E-state index is 12.9. The van der Waals surface area contributed by atoms with Gasteiger partial charge in [-0.3, -0.25) is 0 Å². The van der Waals surface area contributed by atoms with Crippen LogP contribution < -0.4 is 0 Å². The molecule has 1 aromatic heterocycles. The summed E-state index contributed by atoms with van der Waals surface area (Å²) < 4.78 is 53.3. The molecule has 0 saturated carbocycles. The van der Waals surface area contributed by atoms with E-state index in [1.54, 1.807) is 6.92 Å². The summed E-state index contributed by atoms with van der Waals surface area (Å²) in [6, 6.07) is 0. The fraction of sp³-hybridized carbons (Fsp3) is 0.667. The third kappa shape index (κ3) is 3.12. The van der Waals surface area contributed by atoms with Crippen LogP contribution in [0.3, 0.4) is 0 Å². The van der Waals surface area contributed by atoms with Crippen molar-refractivity contribution in [3.63, 3.8) is 0 Å². The lowest BCUT2D eigenvalue weighted by Crippen LogP contribution is -2.24. The fourth-order valence-electron chi connectivity index (χ4n) is 1.46. The van der Waals surface area contributed by atoms with Crippen LogP contribution in [0.1, 0.15) is 49.3 Å². The zero-order chi connectivity index (χ0) is 15.6. The Balaban J connectivity index is 3.36. The van der Waals surface area contributed by atoms with E-state index >= 15 is 0 Å². The molecule has 8 heteroatoms. The van der Waals surface area contributed by atoms with Gasteiger partial charge in [0.1, 0.15) is 5.60 Å². The third-order valence-corrected chi connectivity index (χ3v) is 2.93. The topological polar surface area (TPSA) is 61.6 Å². The molecule has 0 aliphatic rings. The first-order valence-corrected chi connectivity index (χ1v) is 6.00. The zero-order valence-electron chi connectivity index (χ0n) is 11.6. The van der Waals surface area contributed by atoms with E-state index in [2.05, 4.69) is 9.72 Å². The lowest BCUT2D eigenvalue weighted by molar-refractivity contribution is -0.142. The van der Waals surface area contributed by atoms with Crippen LogP contribution in [0.2, 0.25) is 0 Å². The van der Waals surface area contributed by atoms with Crippen molar-refractivity contribution in [2.75, 3.05) is 13.7 Å². The van der Waals surface area contributed by atoms with Gasteiger partial charge in [-0.1, -0.05) is 6.92 Å². The first kappa shape index (κ1) is 16.5. The molecule has 0 saturated heterocycles. The van der Waals surface area contributed by atoms with E-state index in [1.807, 2.05) is 0 Å². The summed E-state index contributed by atoms with van der Waals surface area (Å²) in [7, 11) is 1.32. The zero-order valence-corrected chi connectivity index (χ0v) is 11.6. The number of aromatic nitrogens is 1. The Morgan fingerprint density at radius 1 is 1.35 bits per heavy atom. The lowest BCUT2D eigenvalue weighted by atomic mass is 10.0. The molecule has 1 aromatic rings. The molecule has 1 heterocycles. The normalized spacial score (nSPS) is 14.9. The molecule has 0 aliphatic heterocycles. The van der Waals surface area contributed by atoms with E-state index in [0.717, 1.165) is 0 Å². The van der Waals surface area contributed by atoms with Crippen molar-refractivity contribution in [1.82, 2.24) is 4.98 Å². The second kappa shape index (κ2) is 5.82. The Labute approximate surface area is 114 Å². The molecule has 1 unspecified atom stereocenters. The second-order valence-corrected chi connectivity index (χ2v) is 4.20. The average Bonchev–Trinajstić information content (AvgIpc) is 2.83. The van der Waals surface area contributed by atoms with Crippen LogP contribution in [-0.2, 0) is 21.3 Å². The van der Waals surface area contributed by atoms with Gasteiger partial charge in [0, 0.05) is 7.11 Å². The van der Waals surface area contributed by atoms with Gasteiger partial charge in [0.05, 0.1) is 6.61 Å². The van der Waals surface area contributed by atoms with Crippen molar-refractivity contribution in [2.24, 2.45) is 0 Å². The van der Waals surface area contributed by atoms with E-state index in [1.165, 1.54) is 21.0 Å². The van der Waals surface area contributed by atoms with Crippen LogP contribution in [0.5, 0.6) is 0 Å². The number of nitrogens with zero attached hydrogens (tertiary/aromatic N) is 1. The number of hydrogen-bond acceptors (Lipinski definition) is 5. The van der Waals surface area contributed by atoms with Gasteiger partial charge in [-0.15, -0.1) is 0 Å². The fourth-order valence-corrected chi connectivity index (χ4v) is 1.46. The van der Waals surface area contributed by atoms with Crippen LogP contribution in [0.4, 0.5) is 13.2 Å². The van der Waals surface area contributed by atoms with E-state index in [4.69, 9.17) is 9.15 Å². The predicted octanol–water partition coefficient (Wildman–Crippen LogP) is 3.14. The number of halogens is 3. The van der Waals surface area contributed by atoms with Gasteiger partial charge in [-0.25, -0.2) is 9.78 Å². The van der Waals surface area contributed by atoms with Crippen LogP contribution in [0, 0.1) is 0 Å². The monoisotopic (exact) mass is 295 g/mol. The highest BCUT2D eigenvalue weighted by Gasteiger charge is 2.44. The Kier molecular flexibility index (Phi) is 4.80. The number of oxazole rings is 1. The van der Waals surface area contributed by atoms with Gasteiger partial charge in [-0.05, 0) is 20.3 Å². The van der Waals surface area contributed by atoms with Gasteiger partial charge in [0.15, 0.2) is 5.69 Å². The van der Waals surface area contributed by atoms with Crippen molar-refractivity contribution in [1.29, 1.82) is 0 Å². The minimum Gasteiger partial charge on any atom is -0.460 e. The van der Waals surface area contributed by atoms with Crippen LogP contribution >= 0.6 is 0 Å². The summed E-state index contributed by atoms with van der Waals surface area (Å²) in [6.45, 7) is 4.63. The van der Waals surface area contributed by atoms with Gasteiger partial charge in [0.25, 0.3) is 0 Å². The first-order valence-electron chi connectivity index (χ1n) is 6.00. The molecule has 0 radical (unpaired) electrons. The van der Waals surface area contributed by atoms with Crippen molar-refractivity contribution >= 4 is 5.97 Å². The molecule has 0 bridgehead atoms. The molecule has 0 aliphatic carbocycles. The molecule has 5 nitrogen and oxygen atoms in total. The number of hydrogen-bond donors (Lipinski definition) is 0. The quantitative estimate of drug-likeness (QED) is 0.781. The standard InChI is InChI=1S/C12H16F3NO4/c1-5-11(3,18-4)10-16-8(12(13,14)15)7(20-10)9(17)19-6-2/h5-6H2,1-4H3. The molecule has 0 amide bonds. The summed E-state index contributed by atoms with van der Waals surface area (Å²) in [5, 5.41) is 0. The van der Waals surface area contributed by atoms with E-state index in [-0.39, 0.29) is 12.5 Å². The lowest BCUT2D eigenvalue weighted by Gasteiger charge is -2.22. The molecule has 20 heavy (non-hydrogen) atoms. The van der Waals surface area contributed by atoms with Crippen molar-refractivity contribution in [3.8, 4) is 0 Å². The molecule has 0 N–H and O–H groups in total. The summed E-state index contributed by atoms with van der Waals surface area (Å²) >= 11 is 0. The average molecular weight is 295 g/mol. The number of esters is 1. The largest absolute Gasteiger partial charge is 0.460 e. The third-order valence-electron chi connectivity index (χ3n) is 2.93. The van der Waals surface area contributed by atoms with Crippen LogP contribution in [0.15, 0.2) is 4.42 Å². The van der Waals surface area contributed by atoms with Gasteiger partial charge < -0.3 is 13.9 Å². The molecule has 114 valence electrons. The SMILES string of the molecule is CCOC(=O)c1oc(C(C)(CC)OC)nc1C(F)(F)F. The highest BCUT2D eigenvalue weighted by molar-refractivity contribution is 5.87. The highest BCUT2D eigenvalue weighted by atomic mass is 19.4. The van der Waals surface area contributed by atoms with E-state index < -0.39 is 29.2 Å². The van der Waals surface area contributed by atoms with Crippen LogP contribution in [-0.4, -0.2) is 24.7 Å². The van der Waals surface area contributed by atoms with Gasteiger partial charge >= 0.3 is 12.1 Å². The molecule has 1 atom stereocenters. The summed E-state index contributed by atoms with van der Waals surface area (Å²) in [5.41, 5.74) is -2.55. The van der Waals surface area contributed by atoms with E-state index in [0.29, 0.717) is 6.42 Å². The Morgan fingerprint density at radius 2 is 1.95 bits per heavy atom. The Hall–Kier alpha value is -1.57. The van der Waals surface area contributed by atoms with Crippen molar-refractivity contribution in [2.45, 2.75) is 39.0 Å². The molecular formula is C12H16F3NO4. The van der Waals surface area contributed by atoms with Crippen molar-refractivity contribution in [3.05, 3.63) is 17.3 Å². The highest BCUT2D eigenvalue weighted by Crippen LogP contribution is 2.36. The Morgan fingerprint density at radius 3 is 2.35 bits per heavy atom. The predicted molar refractivity (Wildman–Crippen MR) is 62.1 cm³/mol. The number of carbonyl (C=O) groups is 1. The van der Waals surface area contributed by atoms with E-state index in [9.17, 15) is 18.0 Å². The molecule has 0 fully saturated rings. The van der Waals surface area contributed by atoms with Gasteiger partial charge in [0.2, 0.25) is 11.7 Å². The number of alkyl halides is 3. The minimum atomic E-state index is -4.81. The number of ether oxygens (including phenoxy) is 2. The number of methoxy groups -OCH3 is 1. The summed E-state index contributed by atoms with van der Waals surface area (Å²) in [6.07, 6.45) is -4.49. The number of rotatable bonds is 5. The molecule has 0 spiro atoms. The minimum absolute atomic E-state index is 0.0680. The maximum absolute atomic E-state index is 12.9. The summed E-state index contributed by atoms with van der Waals surface area (Å²) in [5.74, 6) is -2.46. The number of carbonyl (C=O) groups excluding carboxylic acids is 1. The van der Waals surface area contributed by atoms with Gasteiger partial charge in [-0.2, -0.15) is 13.2 Å². The first-order chi connectivity index (χ1) is 9.19. The second-order valence-electron chi connectivity index (χ2n) is 4.20. The molecular weight excluding hydrogens is 279 g/mol. The molecule has 0 aromatic carbocycles. The maximum Gasteiger partial charge on any atom is 0.437 e. The van der Waals surface area contributed by atoms with Crippen molar-refractivity contribution < 1.29 is 31.9 Å².